The Balaban J connectivity index is 2.04. The van der Waals surface area contributed by atoms with Gasteiger partial charge in [-0.15, -0.1) is 0 Å². The summed E-state index contributed by atoms with van der Waals surface area (Å²) in [5.74, 6) is 1.11. The van der Waals surface area contributed by atoms with Crippen molar-refractivity contribution < 1.29 is 4.42 Å². The first-order valence-electron chi connectivity index (χ1n) is 6.62. The second-order valence-corrected chi connectivity index (χ2v) is 6.03. The first-order valence-corrected chi connectivity index (χ1v) is 7.42. The fourth-order valence-electron chi connectivity index (χ4n) is 2.48. The van der Waals surface area contributed by atoms with Gasteiger partial charge in [-0.1, -0.05) is 22.9 Å². The maximum atomic E-state index is 6.07. The van der Waals surface area contributed by atoms with Crippen LogP contribution in [0.3, 0.4) is 0 Å². The molecule has 0 spiro atoms. The first-order chi connectivity index (χ1) is 8.69. The maximum Gasteiger partial charge on any atom is 0.137 e. The van der Waals surface area contributed by atoms with Crippen molar-refractivity contribution in [1.82, 2.24) is 5.32 Å². The van der Waals surface area contributed by atoms with E-state index in [9.17, 15) is 0 Å². The molecule has 1 aliphatic carbocycles. The topological polar surface area (TPSA) is 25.2 Å². The molecule has 1 aliphatic rings. The average Bonchev–Trinajstić information content (AvgIpc) is 3.08. The summed E-state index contributed by atoms with van der Waals surface area (Å²) in [6.07, 6.45) is 3.64. The lowest BCUT2D eigenvalue weighted by molar-refractivity contribution is 0.506. The van der Waals surface area contributed by atoms with E-state index in [1.807, 2.05) is 0 Å². The van der Waals surface area contributed by atoms with Crippen molar-refractivity contribution in [3.8, 4) is 0 Å². The second-order valence-electron chi connectivity index (χ2n) is 5.11. The fraction of sp³-hybridized carbons (Fsp3) is 0.467. The molecule has 0 bridgehead atoms. The van der Waals surface area contributed by atoms with Crippen LogP contribution in [0.2, 0.25) is 0 Å². The standard InChI is InChI=1S/C15H18BrNO/c1-3-12-13-7-10(16)6-9(2)15(13)18-14(12)8-17-11-4-5-11/h6-7,11,17H,3-5,8H2,1-2H3. The second kappa shape index (κ2) is 4.71. The molecule has 1 fully saturated rings. The molecule has 2 nitrogen and oxygen atoms in total. The smallest absolute Gasteiger partial charge is 0.137 e. The molecule has 0 radical (unpaired) electrons. The lowest BCUT2D eigenvalue weighted by Gasteiger charge is -2.01. The van der Waals surface area contributed by atoms with Gasteiger partial charge in [0.2, 0.25) is 0 Å². The molecule has 0 aliphatic heterocycles. The van der Waals surface area contributed by atoms with Crippen molar-refractivity contribution in [2.75, 3.05) is 0 Å². The van der Waals surface area contributed by atoms with E-state index >= 15 is 0 Å². The van der Waals surface area contributed by atoms with E-state index in [1.54, 1.807) is 0 Å². The molecule has 0 saturated heterocycles. The van der Waals surface area contributed by atoms with Crippen molar-refractivity contribution in [3.05, 3.63) is 33.5 Å². The normalized spacial score (nSPS) is 15.5. The van der Waals surface area contributed by atoms with Crippen LogP contribution in [0, 0.1) is 6.92 Å². The molecular formula is C15H18BrNO. The maximum absolute atomic E-state index is 6.07. The molecule has 96 valence electrons. The monoisotopic (exact) mass is 307 g/mol. The van der Waals surface area contributed by atoms with Crippen LogP contribution in [0.1, 0.15) is 36.7 Å². The van der Waals surface area contributed by atoms with E-state index in [1.165, 1.54) is 29.4 Å². The van der Waals surface area contributed by atoms with Gasteiger partial charge in [0, 0.05) is 21.5 Å². The zero-order valence-electron chi connectivity index (χ0n) is 10.8. The van der Waals surface area contributed by atoms with Gasteiger partial charge in [0.05, 0.1) is 6.54 Å². The van der Waals surface area contributed by atoms with Crippen molar-refractivity contribution in [2.24, 2.45) is 0 Å². The Morgan fingerprint density at radius 2 is 2.17 bits per heavy atom. The number of benzene rings is 1. The number of halogens is 1. The molecule has 0 atom stereocenters. The van der Waals surface area contributed by atoms with Gasteiger partial charge in [0.15, 0.2) is 0 Å². The Bertz CT molecular complexity index is 584. The third-order valence-corrected chi connectivity index (χ3v) is 4.07. The number of fused-ring (bicyclic) bond motifs is 1. The lowest BCUT2D eigenvalue weighted by Crippen LogP contribution is -2.15. The van der Waals surface area contributed by atoms with Gasteiger partial charge < -0.3 is 9.73 Å². The van der Waals surface area contributed by atoms with Gasteiger partial charge >= 0.3 is 0 Å². The molecule has 1 saturated carbocycles. The predicted octanol–water partition coefficient (Wildman–Crippen LogP) is 4.32. The Labute approximate surface area is 116 Å². The number of hydrogen-bond donors (Lipinski definition) is 1. The van der Waals surface area contributed by atoms with Crippen molar-refractivity contribution in [2.45, 2.75) is 45.7 Å². The molecule has 2 aromatic rings. The Hall–Kier alpha value is -0.800. The van der Waals surface area contributed by atoms with Gasteiger partial charge in [-0.25, -0.2) is 0 Å². The minimum Gasteiger partial charge on any atom is -0.459 e. The molecule has 0 amide bonds. The van der Waals surface area contributed by atoms with Gasteiger partial charge in [-0.05, 0) is 43.9 Å². The van der Waals surface area contributed by atoms with Crippen LogP contribution in [0.25, 0.3) is 11.0 Å². The van der Waals surface area contributed by atoms with Gasteiger partial charge in [0.25, 0.3) is 0 Å². The Morgan fingerprint density at radius 1 is 1.39 bits per heavy atom. The van der Waals surface area contributed by atoms with Gasteiger partial charge in [0.1, 0.15) is 11.3 Å². The first kappa shape index (κ1) is 12.2. The van der Waals surface area contributed by atoms with Crippen molar-refractivity contribution >= 4 is 26.9 Å². The van der Waals surface area contributed by atoms with E-state index in [-0.39, 0.29) is 0 Å². The molecule has 1 heterocycles. The van der Waals surface area contributed by atoms with Crippen molar-refractivity contribution in [1.29, 1.82) is 0 Å². The summed E-state index contributed by atoms with van der Waals surface area (Å²) in [6, 6.07) is 5.00. The Morgan fingerprint density at radius 3 is 2.83 bits per heavy atom. The van der Waals surface area contributed by atoms with Crippen LogP contribution in [-0.4, -0.2) is 6.04 Å². The van der Waals surface area contributed by atoms with Gasteiger partial charge in [-0.2, -0.15) is 0 Å². The minimum atomic E-state index is 0.718. The van der Waals surface area contributed by atoms with E-state index in [2.05, 4.69) is 47.2 Å². The Kier molecular flexibility index (Phi) is 3.20. The summed E-state index contributed by atoms with van der Waals surface area (Å²) in [7, 11) is 0. The summed E-state index contributed by atoms with van der Waals surface area (Å²) in [5, 5.41) is 4.80. The van der Waals surface area contributed by atoms with Crippen LogP contribution in [-0.2, 0) is 13.0 Å². The summed E-state index contributed by atoms with van der Waals surface area (Å²) in [6.45, 7) is 5.16. The highest BCUT2D eigenvalue weighted by Crippen LogP contribution is 2.32. The highest BCUT2D eigenvalue weighted by molar-refractivity contribution is 9.10. The molecule has 1 aromatic carbocycles. The molecular weight excluding hydrogens is 290 g/mol. The average molecular weight is 308 g/mol. The molecule has 0 unspecified atom stereocenters. The molecule has 1 N–H and O–H groups in total. The van der Waals surface area contributed by atoms with Gasteiger partial charge in [-0.3, -0.25) is 0 Å². The highest BCUT2D eigenvalue weighted by atomic mass is 79.9. The lowest BCUT2D eigenvalue weighted by atomic mass is 10.1. The van der Waals surface area contributed by atoms with Crippen LogP contribution < -0.4 is 5.32 Å². The quantitative estimate of drug-likeness (QED) is 0.910. The molecule has 1 aromatic heterocycles. The summed E-state index contributed by atoms with van der Waals surface area (Å²) in [4.78, 5) is 0. The van der Waals surface area contributed by atoms with E-state index in [4.69, 9.17) is 4.42 Å². The number of rotatable bonds is 4. The SMILES string of the molecule is CCc1c(CNC2CC2)oc2c(C)cc(Br)cc12. The summed E-state index contributed by atoms with van der Waals surface area (Å²) < 4.78 is 7.20. The number of aryl methyl sites for hydroxylation is 2. The van der Waals surface area contributed by atoms with Crippen LogP contribution in [0.5, 0.6) is 0 Å². The predicted molar refractivity (Wildman–Crippen MR) is 77.9 cm³/mol. The minimum absolute atomic E-state index is 0.718. The molecule has 18 heavy (non-hydrogen) atoms. The highest BCUT2D eigenvalue weighted by Gasteiger charge is 2.22. The van der Waals surface area contributed by atoms with Crippen LogP contribution in [0.4, 0.5) is 0 Å². The van der Waals surface area contributed by atoms with E-state index in [0.717, 1.165) is 34.8 Å². The molecule has 3 heteroatoms. The third kappa shape index (κ3) is 2.21. The number of hydrogen-bond acceptors (Lipinski definition) is 2. The van der Waals surface area contributed by atoms with E-state index < -0.39 is 0 Å². The zero-order valence-corrected chi connectivity index (χ0v) is 12.4. The fourth-order valence-corrected chi connectivity index (χ4v) is 3.05. The zero-order chi connectivity index (χ0) is 12.7. The number of nitrogens with one attached hydrogen (secondary N) is 1. The largest absolute Gasteiger partial charge is 0.459 e. The van der Waals surface area contributed by atoms with E-state index in [0.29, 0.717) is 0 Å². The summed E-state index contributed by atoms with van der Waals surface area (Å²) in [5.41, 5.74) is 3.59. The van der Waals surface area contributed by atoms with Crippen LogP contribution in [0.15, 0.2) is 21.0 Å². The third-order valence-electron chi connectivity index (χ3n) is 3.61. The van der Waals surface area contributed by atoms with Crippen LogP contribution >= 0.6 is 15.9 Å². The number of furan rings is 1. The summed E-state index contributed by atoms with van der Waals surface area (Å²) >= 11 is 3.57. The van der Waals surface area contributed by atoms with Crippen molar-refractivity contribution in [3.63, 3.8) is 0 Å². The molecule has 3 rings (SSSR count).